The van der Waals surface area contributed by atoms with Crippen LogP contribution in [-0.2, 0) is 10.2 Å². The van der Waals surface area contributed by atoms with Gasteiger partial charge in [-0.3, -0.25) is 24.5 Å². The average Bonchev–Trinajstić information content (AvgIpc) is 3.40. The number of hydrogen-bond donors (Lipinski definition) is 3. The zero-order valence-corrected chi connectivity index (χ0v) is 31.3. The van der Waals surface area contributed by atoms with Crippen LogP contribution in [-0.4, -0.2) is 70.5 Å². The highest BCUT2D eigenvalue weighted by Gasteiger charge is 2.76. The normalized spacial score (nSPS) is 21.6. The highest BCUT2D eigenvalue weighted by Crippen LogP contribution is 2.60. The number of aliphatic hydroxyl groups excluding tert-OH is 1. The van der Waals surface area contributed by atoms with E-state index in [1.807, 2.05) is 64.2 Å². The van der Waals surface area contributed by atoms with Gasteiger partial charge in [0.25, 0.3) is 5.56 Å². The molecule has 0 bridgehead atoms. The summed E-state index contributed by atoms with van der Waals surface area (Å²) in [6.45, 7) is 10.2. The van der Waals surface area contributed by atoms with E-state index in [0.717, 1.165) is 4.57 Å². The number of H-pyrrole nitrogens is 1. The van der Waals surface area contributed by atoms with Gasteiger partial charge in [0.05, 0.1) is 32.9 Å². The summed E-state index contributed by atoms with van der Waals surface area (Å²) >= 11 is 0. The molecule has 3 aromatic carbocycles. The number of aliphatic hydroxyl groups is 2. The summed E-state index contributed by atoms with van der Waals surface area (Å²) in [7, 11) is -0.174. The van der Waals surface area contributed by atoms with Crippen molar-refractivity contribution in [3.8, 4) is 11.5 Å². The first-order valence-electron chi connectivity index (χ1n) is 16.8. The van der Waals surface area contributed by atoms with Gasteiger partial charge in [-0.1, -0.05) is 88.5 Å². The zero-order chi connectivity index (χ0) is 37.6. The van der Waals surface area contributed by atoms with Gasteiger partial charge in [0.2, 0.25) is 6.54 Å². The Kier molecular flexibility index (Phi) is 10.00. The van der Waals surface area contributed by atoms with Gasteiger partial charge in [0.1, 0.15) is 23.8 Å². The van der Waals surface area contributed by atoms with Crippen molar-refractivity contribution >= 4 is 8.07 Å². The van der Waals surface area contributed by atoms with E-state index in [4.69, 9.17) is 14.2 Å². The predicted octanol–water partition coefficient (Wildman–Crippen LogP) is 4.97. The Hall–Kier alpha value is -4.56. The Morgan fingerprint density at radius 1 is 0.961 bits per heavy atom. The molecule has 3 N–H and O–H groups in total. The van der Waals surface area contributed by atoms with Crippen molar-refractivity contribution in [1.29, 1.82) is 0 Å². The van der Waals surface area contributed by atoms with Gasteiger partial charge in [-0.25, -0.2) is 4.79 Å². The van der Waals surface area contributed by atoms with Gasteiger partial charge in [-0.2, -0.15) is 0 Å². The number of ether oxygens (including phenoxy) is 3. The van der Waals surface area contributed by atoms with Gasteiger partial charge in [0.15, 0.2) is 5.60 Å². The summed E-state index contributed by atoms with van der Waals surface area (Å²) in [5, 5.41) is 37.5. The quantitative estimate of drug-likeness (QED) is 0.0841. The maximum Gasteiger partial charge on any atom is 0.330 e. The molecule has 1 saturated heterocycles. The van der Waals surface area contributed by atoms with Crippen LogP contribution in [0.2, 0.25) is 18.1 Å². The van der Waals surface area contributed by atoms with E-state index in [0.29, 0.717) is 28.2 Å². The molecule has 5 rings (SSSR count). The summed E-state index contributed by atoms with van der Waals surface area (Å²) in [5.41, 5.74) is -3.50. The number of rotatable bonds is 11. The molecule has 1 unspecified atom stereocenters. The van der Waals surface area contributed by atoms with Gasteiger partial charge in [0, 0.05) is 23.1 Å². The van der Waals surface area contributed by atoms with E-state index in [2.05, 4.69) is 4.98 Å². The third-order valence-electron chi connectivity index (χ3n) is 11.4. The first kappa shape index (κ1) is 37.7. The second-order valence-corrected chi connectivity index (χ2v) is 20.5. The number of aryl methyl sites for hydroxylation is 1. The van der Waals surface area contributed by atoms with Crippen LogP contribution in [0.5, 0.6) is 11.5 Å². The minimum atomic E-state index is -3.25. The van der Waals surface area contributed by atoms with Crippen LogP contribution in [0.25, 0.3) is 0 Å². The van der Waals surface area contributed by atoms with E-state index in [1.54, 1.807) is 48.5 Å². The fourth-order valence-electron chi connectivity index (χ4n) is 7.64. The maximum absolute atomic E-state index is 13.6. The molecule has 1 fully saturated rings. The Morgan fingerprint density at radius 2 is 1.45 bits per heavy atom. The van der Waals surface area contributed by atoms with Crippen molar-refractivity contribution in [1.82, 2.24) is 9.55 Å². The molecule has 0 saturated carbocycles. The third-order valence-corrected chi connectivity index (χ3v) is 17.9. The van der Waals surface area contributed by atoms with Crippen LogP contribution in [0, 0.1) is 17.0 Å². The minimum Gasteiger partial charge on any atom is -0.497 e. The van der Waals surface area contributed by atoms with Crippen molar-refractivity contribution in [2.24, 2.45) is 0 Å². The highest BCUT2D eigenvalue weighted by atomic mass is 28.3. The third kappa shape index (κ3) is 6.01. The smallest absolute Gasteiger partial charge is 0.330 e. The fourth-order valence-corrected chi connectivity index (χ4v) is 10.9. The van der Waals surface area contributed by atoms with Crippen LogP contribution < -0.4 is 20.7 Å². The van der Waals surface area contributed by atoms with Crippen molar-refractivity contribution in [3.63, 3.8) is 0 Å². The number of aromatic nitrogens is 2. The Morgan fingerprint density at radius 3 is 1.90 bits per heavy atom. The molecule has 0 aliphatic carbocycles. The van der Waals surface area contributed by atoms with Gasteiger partial charge in [-0.05, 0) is 52.9 Å². The summed E-state index contributed by atoms with van der Waals surface area (Å²) in [5.74, 6) is 1.10. The largest absolute Gasteiger partial charge is 0.497 e. The van der Waals surface area contributed by atoms with E-state index in [9.17, 15) is 29.9 Å². The second kappa shape index (κ2) is 13.5. The Balaban J connectivity index is 1.95. The lowest BCUT2D eigenvalue weighted by atomic mass is 9.61. The SMILES string of the molecule is COc1ccc(C(c2ccccc2)(c2ccc(OC)cc2)C(O)[C@@]2(C[N+](=O)[O-])O[C@@H](n3cc(C)c(=O)[nH]c3=O)C[C@@]2(O)[Si](C)(C)C(C)(C)C)cc1. The lowest BCUT2D eigenvalue weighted by Crippen LogP contribution is -2.77. The molecule has 4 aromatic rings. The topological polar surface area (TPSA) is 166 Å². The van der Waals surface area contributed by atoms with Crippen LogP contribution in [0.1, 0.15) is 55.7 Å². The molecule has 4 atom stereocenters. The van der Waals surface area contributed by atoms with E-state index in [-0.39, 0.29) is 12.0 Å². The zero-order valence-electron chi connectivity index (χ0n) is 30.3. The molecular weight excluding hydrogens is 671 g/mol. The summed E-state index contributed by atoms with van der Waals surface area (Å²) in [4.78, 5) is 40.5. The first-order chi connectivity index (χ1) is 23.9. The second-order valence-electron chi connectivity index (χ2n) is 14.9. The number of methoxy groups -OCH3 is 2. The van der Waals surface area contributed by atoms with Crippen molar-refractivity contribution < 1.29 is 29.3 Å². The standard InChI is InChI=1S/C38H47N3O9Si/c1-25-23-40(34(44)39-32(25)42)31-22-37(45,51(7,8)35(2,3)4)36(50-31,24-41(46)47)33(43)38(26-12-10-9-11-13-26,27-14-18-29(48-5)19-15-27)28-16-20-30(49-6)21-17-28/h9-21,23,31,33,43,45H,22,24H2,1-8H3,(H,39,42,44)/t31-,33?,36-,37-/m1/s1. The molecule has 1 aromatic heterocycles. The molecule has 0 amide bonds. The molecule has 2 heterocycles. The molecule has 0 radical (unpaired) electrons. The highest BCUT2D eigenvalue weighted by molar-refractivity contribution is 6.83. The van der Waals surface area contributed by atoms with Crippen LogP contribution >= 0.6 is 0 Å². The Bertz CT molecular complexity index is 1940. The molecule has 0 spiro atoms. The summed E-state index contributed by atoms with van der Waals surface area (Å²) < 4.78 is 18.9. The molecule has 1 aliphatic rings. The number of hydrogen-bond acceptors (Lipinski definition) is 9. The minimum absolute atomic E-state index is 0.205. The van der Waals surface area contributed by atoms with Gasteiger partial charge in [-0.15, -0.1) is 0 Å². The maximum atomic E-state index is 13.6. The number of nitrogens with zero attached hydrogens (tertiary/aromatic N) is 2. The lowest BCUT2D eigenvalue weighted by molar-refractivity contribution is -0.511. The lowest BCUT2D eigenvalue weighted by Gasteiger charge is -2.56. The van der Waals surface area contributed by atoms with Gasteiger partial charge < -0.3 is 24.4 Å². The fraction of sp³-hybridized carbons (Fsp3) is 0.421. The monoisotopic (exact) mass is 717 g/mol. The molecule has 13 heteroatoms. The summed E-state index contributed by atoms with van der Waals surface area (Å²) in [6.07, 6.45) is -2.09. The predicted molar refractivity (Wildman–Crippen MR) is 196 cm³/mol. The Labute approximate surface area is 297 Å². The number of benzene rings is 3. The molecule has 1 aliphatic heterocycles. The molecule has 51 heavy (non-hydrogen) atoms. The van der Waals surface area contributed by atoms with Crippen LogP contribution in [0.4, 0.5) is 0 Å². The van der Waals surface area contributed by atoms with Crippen LogP contribution in [0.3, 0.4) is 0 Å². The van der Waals surface area contributed by atoms with E-state index >= 15 is 0 Å². The first-order valence-corrected chi connectivity index (χ1v) is 19.8. The molecule has 12 nitrogen and oxygen atoms in total. The average molecular weight is 718 g/mol. The number of nitrogens with one attached hydrogen (secondary N) is 1. The molecule has 272 valence electrons. The summed E-state index contributed by atoms with van der Waals surface area (Å²) in [6, 6.07) is 23.2. The van der Waals surface area contributed by atoms with E-state index in [1.165, 1.54) is 27.3 Å². The van der Waals surface area contributed by atoms with Crippen molar-refractivity contribution in [3.05, 3.63) is 138 Å². The molecular formula is C38H47N3O9Si. The number of nitro groups is 1. The van der Waals surface area contributed by atoms with Crippen molar-refractivity contribution in [2.45, 2.75) is 80.8 Å². The van der Waals surface area contributed by atoms with Crippen molar-refractivity contribution in [2.75, 3.05) is 20.8 Å². The van der Waals surface area contributed by atoms with Gasteiger partial charge >= 0.3 is 5.69 Å². The number of aromatic amines is 1. The van der Waals surface area contributed by atoms with E-state index < -0.39 is 64.4 Å². The van der Waals surface area contributed by atoms with Crippen LogP contribution in [0.15, 0.2) is 94.6 Å².